The zero-order chi connectivity index (χ0) is 35.6. The lowest BCUT2D eigenvalue weighted by molar-refractivity contribution is -0.121. The van der Waals surface area contributed by atoms with Crippen molar-refractivity contribution in [2.24, 2.45) is 16.2 Å². The third kappa shape index (κ3) is 7.75. The van der Waals surface area contributed by atoms with Crippen molar-refractivity contribution in [1.82, 2.24) is 4.72 Å². The van der Waals surface area contributed by atoms with E-state index in [1.165, 1.54) is 11.1 Å². The Bertz CT molecular complexity index is 1930. The standard InChI is InChI=1S/C40H46ClN3O6S/c1-49-36-12-6-3-7-20-51(48,42-38(46)23-35(45)27-9-4-2-5-10-27)43-39(47)29-14-18-37-34(22-29)44(24-30-13-16-32(30)36)25-40(26-50-37)19-8-11-28-21-31(41)15-17-33(28)40/h2,4-6,9-10,12,14-15,17-18,21-22,30,32,35-36,45H,3,7-8,11,13,16,19-20,23-26H2,1H3,(H,42,43,46,47,48)/b12-6-/t30-,32+,35-,36-,40-,51?/m0/s1. The molecular weight excluding hydrogens is 686 g/mol. The van der Waals surface area contributed by atoms with Crippen molar-refractivity contribution < 1.29 is 28.4 Å². The molecule has 2 bridgehead atoms. The number of carbonyl (C=O) groups excluding carboxylic acids is 2. The number of aliphatic hydroxyl groups is 1. The molecule has 7 rings (SSSR count). The van der Waals surface area contributed by atoms with Gasteiger partial charge in [0.15, 0.2) is 0 Å². The number of hydrogen-bond donors (Lipinski definition) is 2. The molecule has 0 radical (unpaired) electrons. The van der Waals surface area contributed by atoms with Gasteiger partial charge < -0.3 is 19.5 Å². The number of hydrogen-bond acceptors (Lipinski definition) is 7. The number of benzene rings is 3. The molecule has 11 heteroatoms. The molecule has 0 aromatic heterocycles. The molecule has 51 heavy (non-hydrogen) atoms. The summed E-state index contributed by atoms with van der Waals surface area (Å²) < 4.78 is 33.6. The van der Waals surface area contributed by atoms with Crippen LogP contribution in [0.5, 0.6) is 5.75 Å². The summed E-state index contributed by atoms with van der Waals surface area (Å²) in [7, 11) is -1.78. The second-order valence-corrected chi connectivity index (χ2v) is 17.0. The number of methoxy groups -OCH3 is 1. The number of carbonyl (C=O) groups is 2. The Balaban J connectivity index is 1.24. The van der Waals surface area contributed by atoms with Gasteiger partial charge in [0.1, 0.15) is 15.7 Å². The van der Waals surface area contributed by atoms with Gasteiger partial charge in [-0.25, -0.2) is 4.21 Å². The average Bonchev–Trinajstić information content (AvgIpc) is 3.25. The molecule has 1 fully saturated rings. The van der Waals surface area contributed by atoms with E-state index in [0.717, 1.165) is 49.4 Å². The Kier molecular flexibility index (Phi) is 10.6. The van der Waals surface area contributed by atoms with E-state index in [-0.39, 0.29) is 29.3 Å². The van der Waals surface area contributed by atoms with Crippen molar-refractivity contribution in [3.05, 3.63) is 106 Å². The van der Waals surface area contributed by atoms with Crippen molar-refractivity contribution in [1.29, 1.82) is 0 Å². The summed E-state index contributed by atoms with van der Waals surface area (Å²) in [6, 6.07) is 20.3. The summed E-state index contributed by atoms with van der Waals surface area (Å²) >= 11 is 6.45. The molecule has 2 N–H and O–H groups in total. The highest BCUT2D eigenvalue weighted by Crippen LogP contribution is 2.47. The Morgan fingerprint density at radius 2 is 2.00 bits per heavy atom. The first-order valence-corrected chi connectivity index (χ1v) is 20.0. The van der Waals surface area contributed by atoms with E-state index in [2.05, 4.69) is 32.2 Å². The van der Waals surface area contributed by atoms with Crippen molar-refractivity contribution in [2.45, 2.75) is 69.0 Å². The number of aryl methyl sites for hydroxylation is 1. The molecule has 2 aliphatic heterocycles. The van der Waals surface area contributed by atoms with Gasteiger partial charge >= 0.3 is 0 Å². The van der Waals surface area contributed by atoms with Gasteiger partial charge in [0.2, 0.25) is 5.91 Å². The molecule has 0 saturated heterocycles. The zero-order valence-electron chi connectivity index (χ0n) is 29.0. The normalized spacial score (nSPS) is 28.9. The van der Waals surface area contributed by atoms with Gasteiger partial charge in [0.25, 0.3) is 5.91 Å². The van der Waals surface area contributed by atoms with Gasteiger partial charge in [-0.2, -0.15) is 0 Å². The number of halogens is 1. The molecule has 4 aliphatic rings. The van der Waals surface area contributed by atoms with Crippen LogP contribution >= 0.6 is 11.6 Å². The molecule has 3 aromatic carbocycles. The van der Waals surface area contributed by atoms with Crippen LogP contribution in [-0.2, 0) is 31.3 Å². The Hall–Kier alpha value is -3.70. The Morgan fingerprint density at radius 1 is 1.16 bits per heavy atom. The van der Waals surface area contributed by atoms with Gasteiger partial charge in [-0.05, 0) is 104 Å². The van der Waals surface area contributed by atoms with Crippen LogP contribution < -0.4 is 14.4 Å². The summed E-state index contributed by atoms with van der Waals surface area (Å²) in [4.78, 5) is 29.4. The lowest BCUT2D eigenvalue weighted by Crippen LogP contribution is -2.49. The van der Waals surface area contributed by atoms with Crippen LogP contribution in [0, 0.1) is 11.8 Å². The van der Waals surface area contributed by atoms with Crippen LogP contribution in [0.3, 0.4) is 0 Å². The average molecular weight is 732 g/mol. The largest absolute Gasteiger partial charge is 0.490 e. The first-order chi connectivity index (χ1) is 24.6. The molecule has 1 saturated carbocycles. The third-order valence-corrected chi connectivity index (χ3v) is 13.2. The highest BCUT2D eigenvalue weighted by atomic mass is 35.5. The highest BCUT2D eigenvalue weighted by Gasteiger charge is 2.44. The minimum absolute atomic E-state index is 0.0217. The van der Waals surface area contributed by atoms with Crippen LogP contribution in [-0.4, -0.2) is 59.8 Å². The van der Waals surface area contributed by atoms with Crippen molar-refractivity contribution in [2.75, 3.05) is 37.5 Å². The molecule has 3 aromatic rings. The molecule has 9 nitrogen and oxygen atoms in total. The fourth-order valence-electron chi connectivity index (χ4n) is 8.30. The van der Waals surface area contributed by atoms with E-state index in [0.29, 0.717) is 49.1 Å². The third-order valence-electron chi connectivity index (χ3n) is 11.1. The lowest BCUT2D eigenvalue weighted by atomic mass is 9.68. The fourth-order valence-corrected chi connectivity index (χ4v) is 10.1. The molecule has 2 heterocycles. The van der Waals surface area contributed by atoms with Crippen molar-refractivity contribution in [3.8, 4) is 5.75 Å². The number of nitrogens with zero attached hydrogens (tertiary/aromatic N) is 2. The van der Waals surface area contributed by atoms with Crippen LogP contribution in [0.25, 0.3) is 0 Å². The van der Waals surface area contributed by atoms with Gasteiger partial charge in [-0.3, -0.25) is 14.3 Å². The number of aliphatic hydroxyl groups excluding tert-OH is 1. The lowest BCUT2D eigenvalue weighted by Gasteiger charge is -2.46. The van der Waals surface area contributed by atoms with Gasteiger partial charge in [-0.1, -0.05) is 60.2 Å². The number of anilines is 1. The number of allylic oxidation sites excluding steroid dienone is 1. The summed E-state index contributed by atoms with van der Waals surface area (Å²) in [6.45, 7) is 1.97. The molecule has 1 spiro atoms. The minimum Gasteiger partial charge on any atom is -0.490 e. The summed E-state index contributed by atoms with van der Waals surface area (Å²) in [6.07, 6.45) is 8.78. The highest BCUT2D eigenvalue weighted by molar-refractivity contribution is 7.92. The van der Waals surface area contributed by atoms with E-state index < -0.39 is 27.8 Å². The fraction of sp³-hybridized carbons (Fsp3) is 0.450. The number of ether oxygens (including phenoxy) is 2. The SMILES string of the molecule is CO[C@H]1/C=C\CCCS(=O)(NC(=O)C[C@H](O)c2ccccc2)=NC(=O)c2ccc3c(c2)N(C[C@@H]2CC[C@H]21)C[C@@]1(CCCc2cc(Cl)ccc21)CO3. The summed E-state index contributed by atoms with van der Waals surface area (Å²) in [5.74, 6) is 0.0637. The first kappa shape index (κ1) is 35.7. The van der Waals surface area contributed by atoms with Crippen LogP contribution in [0.1, 0.15) is 78.1 Å². The second kappa shape index (κ2) is 15.1. The van der Waals surface area contributed by atoms with Gasteiger partial charge in [0.05, 0.1) is 36.7 Å². The Morgan fingerprint density at radius 3 is 2.78 bits per heavy atom. The topological polar surface area (TPSA) is 118 Å². The molecule has 2 aliphatic carbocycles. The van der Waals surface area contributed by atoms with E-state index in [4.69, 9.17) is 21.1 Å². The monoisotopic (exact) mass is 731 g/mol. The first-order valence-electron chi connectivity index (χ1n) is 18.0. The van der Waals surface area contributed by atoms with Crippen LogP contribution in [0.15, 0.2) is 83.2 Å². The maximum absolute atomic E-state index is 14.3. The molecule has 1 unspecified atom stereocenters. The number of fused-ring (bicyclic) bond motifs is 4. The molecular formula is C40H46ClN3O6S. The minimum atomic E-state index is -3.53. The van der Waals surface area contributed by atoms with Crippen LogP contribution in [0.2, 0.25) is 5.02 Å². The van der Waals surface area contributed by atoms with E-state index in [9.17, 15) is 18.9 Å². The molecule has 6 atom stereocenters. The molecule has 2 amide bonds. The van der Waals surface area contributed by atoms with E-state index >= 15 is 0 Å². The Labute approximate surface area is 305 Å². The number of nitrogens with one attached hydrogen (secondary N) is 1. The smallest absolute Gasteiger partial charge is 0.286 e. The summed E-state index contributed by atoms with van der Waals surface area (Å²) in [5.41, 5.74) is 3.89. The molecule has 270 valence electrons. The maximum Gasteiger partial charge on any atom is 0.286 e. The van der Waals surface area contributed by atoms with Gasteiger partial charge in [0, 0.05) is 36.2 Å². The quantitative estimate of drug-likeness (QED) is 0.273. The van der Waals surface area contributed by atoms with Gasteiger partial charge in [-0.15, -0.1) is 4.36 Å². The maximum atomic E-state index is 14.3. The predicted molar refractivity (Wildman–Crippen MR) is 200 cm³/mol. The number of amides is 2. The van der Waals surface area contributed by atoms with E-state index in [1.807, 2.05) is 24.3 Å². The second-order valence-electron chi connectivity index (χ2n) is 14.5. The predicted octanol–water partition coefficient (Wildman–Crippen LogP) is 6.97. The number of rotatable bonds is 5. The van der Waals surface area contributed by atoms with E-state index in [1.54, 1.807) is 43.5 Å². The van der Waals surface area contributed by atoms with Crippen LogP contribution in [0.4, 0.5) is 5.69 Å². The van der Waals surface area contributed by atoms with Crippen molar-refractivity contribution >= 4 is 39.0 Å². The zero-order valence-corrected chi connectivity index (χ0v) is 30.5. The summed E-state index contributed by atoms with van der Waals surface area (Å²) in [5, 5.41) is 11.4. The van der Waals surface area contributed by atoms with Crippen molar-refractivity contribution in [3.63, 3.8) is 0 Å².